The quantitative estimate of drug-likeness (QED) is 0.512. The molecule has 1 nitrogen and oxygen atoms in total. The predicted octanol–water partition coefficient (Wildman–Crippen LogP) is 1.95. The molecular weight excluding hydrogens is 112 g/mol. The SMILES string of the molecule is [CH2]COC1C=CCCC1. The molecule has 51 valence electrons. The van der Waals surface area contributed by atoms with E-state index in [1.165, 1.54) is 19.3 Å². The van der Waals surface area contributed by atoms with Crippen LogP contribution >= 0.6 is 0 Å². The van der Waals surface area contributed by atoms with E-state index in [4.69, 9.17) is 4.74 Å². The topological polar surface area (TPSA) is 9.23 Å². The average Bonchev–Trinajstić information content (AvgIpc) is 1.91. The van der Waals surface area contributed by atoms with E-state index in [-0.39, 0.29) is 0 Å². The van der Waals surface area contributed by atoms with Crippen molar-refractivity contribution >= 4 is 0 Å². The smallest absolute Gasteiger partial charge is 0.0755 e. The molecule has 0 fully saturated rings. The first kappa shape index (κ1) is 6.81. The second kappa shape index (κ2) is 3.67. The summed E-state index contributed by atoms with van der Waals surface area (Å²) in [6.45, 7) is 4.22. The molecule has 0 aromatic heterocycles. The van der Waals surface area contributed by atoms with Crippen LogP contribution in [0.2, 0.25) is 0 Å². The molecule has 0 spiro atoms. The molecule has 0 saturated heterocycles. The molecule has 1 rings (SSSR count). The van der Waals surface area contributed by atoms with Crippen molar-refractivity contribution < 1.29 is 4.74 Å². The van der Waals surface area contributed by atoms with Crippen molar-refractivity contribution in [3.05, 3.63) is 19.1 Å². The van der Waals surface area contributed by atoms with Gasteiger partial charge < -0.3 is 4.74 Å². The van der Waals surface area contributed by atoms with Gasteiger partial charge in [0.05, 0.1) is 6.10 Å². The van der Waals surface area contributed by atoms with Crippen LogP contribution in [0.4, 0.5) is 0 Å². The number of hydrogen-bond donors (Lipinski definition) is 0. The summed E-state index contributed by atoms with van der Waals surface area (Å²) in [5, 5.41) is 0. The van der Waals surface area contributed by atoms with E-state index >= 15 is 0 Å². The van der Waals surface area contributed by atoms with Crippen molar-refractivity contribution in [1.29, 1.82) is 0 Å². The van der Waals surface area contributed by atoms with Gasteiger partial charge in [0, 0.05) is 6.61 Å². The van der Waals surface area contributed by atoms with Gasteiger partial charge in [0.15, 0.2) is 0 Å². The van der Waals surface area contributed by atoms with Gasteiger partial charge in [0.25, 0.3) is 0 Å². The Morgan fingerprint density at radius 3 is 3.11 bits per heavy atom. The zero-order chi connectivity index (χ0) is 6.53. The lowest BCUT2D eigenvalue weighted by atomic mass is 10.1. The van der Waals surface area contributed by atoms with Gasteiger partial charge in [-0.2, -0.15) is 0 Å². The van der Waals surface area contributed by atoms with Crippen LogP contribution in [0.15, 0.2) is 12.2 Å². The molecular formula is C8H13O. The highest BCUT2D eigenvalue weighted by atomic mass is 16.5. The predicted molar refractivity (Wildman–Crippen MR) is 38.1 cm³/mol. The van der Waals surface area contributed by atoms with E-state index in [2.05, 4.69) is 19.1 Å². The number of allylic oxidation sites excluding steroid dienone is 1. The summed E-state index contributed by atoms with van der Waals surface area (Å²) in [7, 11) is 0. The Morgan fingerprint density at radius 1 is 1.67 bits per heavy atom. The first-order valence-corrected chi connectivity index (χ1v) is 3.51. The third kappa shape index (κ3) is 2.19. The maximum Gasteiger partial charge on any atom is 0.0755 e. The molecule has 1 unspecified atom stereocenters. The summed E-state index contributed by atoms with van der Waals surface area (Å²) < 4.78 is 5.28. The maximum absolute atomic E-state index is 5.28. The largest absolute Gasteiger partial charge is 0.374 e. The number of rotatable bonds is 2. The van der Waals surface area contributed by atoms with Crippen LogP contribution in [0, 0.1) is 6.92 Å². The Labute approximate surface area is 56.7 Å². The zero-order valence-corrected chi connectivity index (χ0v) is 5.68. The van der Waals surface area contributed by atoms with Crippen molar-refractivity contribution in [3.63, 3.8) is 0 Å². The molecule has 0 saturated carbocycles. The summed E-state index contributed by atoms with van der Waals surface area (Å²) in [4.78, 5) is 0. The molecule has 9 heavy (non-hydrogen) atoms. The molecule has 1 radical (unpaired) electrons. The summed E-state index contributed by atoms with van der Waals surface area (Å²) in [5.74, 6) is 0. The van der Waals surface area contributed by atoms with Crippen LogP contribution in [0.1, 0.15) is 19.3 Å². The van der Waals surface area contributed by atoms with Gasteiger partial charge in [-0.25, -0.2) is 0 Å². The van der Waals surface area contributed by atoms with E-state index in [1.54, 1.807) is 0 Å². The Kier molecular flexibility index (Phi) is 2.78. The van der Waals surface area contributed by atoms with Crippen molar-refractivity contribution in [2.75, 3.05) is 6.61 Å². The van der Waals surface area contributed by atoms with Gasteiger partial charge in [0.2, 0.25) is 0 Å². The van der Waals surface area contributed by atoms with Crippen molar-refractivity contribution in [3.8, 4) is 0 Å². The number of ether oxygens (including phenoxy) is 1. The highest BCUT2D eigenvalue weighted by molar-refractivity contribution is 4.93. The van der Waals surface area contributed by atoms with Gasteiger partial charge in [-0.15, -0.1) is 0 Å². The fourth-order valence-electron chi connectivity index (χ4n) is 1.07. The van der Waals surface area contributed by atoms with Crippen molar-refractivity contribution in [1.82, 2.24) is 0 Å². The Morgan fingerprint density at radius 2 is 2.56 bits per heavy atom. The first-order valence-electron chi connectivity index (χ1n) is 3.51. The second-order valence-corrected chi connectivity index (χ2v) is 2.27. The molecule has 0 amide bonds. The standard InChI is InChI=1S/C8H13O/c1-2-9-8-6-4-3-5-7-8/h4,6,8H,1-3,5,7H2. The minimum atomic E-state index is 0.358. The molecule has 0 aromatic rings. The highest BCUT2D eigenvalue weighted by Crippen LogP contribution is 2.12. The molecule has 1 atom stereocenters. The third-order valence-electron chi connectivity index (χ3n) is 1.54. The van der Waals surface area contributed by atoms with Crippen LogP contribution in [0.3, 0.4) is 0 Å². The number of hydrogen-bond acceptors (Lipinski definition) is 1. The van der Waals surface area contributed by atoms with Crippen LogP contribution < -0.4 is 0 Å². The van der Waals surface area contributed by atoms with Crippen LogP contribution in [0.25, 0.3) is 0 Å². The lowest BCUT2D eigenvalue weighted by Crippen LogP contribution is -2.11. The lowest BCUT2D eigenvalue weighted by Gasteiger charge is -2.15. The van der Waals surface area contributed by atoms with Crippen LogP contribution in [-0.2, 0) is 4.74 Å². The van der Waals surface area contributed by atoms with E-state index in [1.807, 2.05) is 0 Å². The Bertz CT molecular complexity index is 96.7. The zero-order valence-electron chi connectivity index (χ0n) is 5.68. The molecule has 0 aliphatic heterocycles. The molecule has 1 aliphatic carbocycles. The normalized spacial score (nSPS) is 26.6. The van der Waals surface area contributed by atoms with Gasteiger partial charge in [-0.05, 0) is 26.2 Å². The highest BCUT2D eigenvalue weighted by Gasteiger charge is 2.05. The van der Waals surface area contributed by atoms with Crippen molar-refractivity contribution in [2.24, 2.45) is 0 Å². The average molecular weight is 125 g/mol. The van der Waals surface area contributed by atoms with E-state index in [0.717, 1.165) is 0 Å². The van der Waals surface area contributed by atoms with Gasteiger partial charge >= 0.3 is 0 Å². The van der Waals surface area contributed by atoms with Crippen LogP contribution in [-0.4, -0.2) is 12.7 Å². The fraction of sp³-hybridized carbons (Fsp3) is 0.625. The molecule has 0 N–H and O–H groups in total. The first-order chi connectivity index (χ1) is 4.43. The molecule has 1 aliphatic rings. The summed E-state index contributed by atoms with van der Waals surface area (Å²) >= 11 is 0. The lowest BCUT2D eigenvalue weighted by molar-refractivity contribution is 0.0968. The summed E-state index contributed by atoms with van der Waals surface area (Å²) in [6, 6.07) is 0. The molecule has 1 heteroatoms. The van der Waals surface area contributed by atoms with Gasteiger partial charge in [-0.1, -0.05) is 12.2 Å². The van der Waals surface area contributed by atoms with E-state index in [0.29, 0.717) is 12.7 Å². The Hall–Kier alpha value is -0.300. The third-order valence-corrected chi connectivity index (χ3v) is 1.54. The fourth-order valence-corrected chi connectivity index (χ4v) is 1.07. The van der Waals surface area contributed by atoms with E-state index in [9.17, 15) is 0 Å². The molecule has 0 bridgehead atoms. The molecule has 0 heterocycles. The van der Waals surface area contributed by atoms with Gasteiger partial charge in [0.1, 0.15) is 0 Å². The Balaban J connectivity index is 2.23. The minimum absolute atomic E-state index is 0.358. The monoisotopic (exact) mass is 125 g/mol. The molecule has 0 aromatic carbocycles. The second-order valence-electron chi connectivity index (χ2n) is 2.27. The van der Waals surface area contributed by atoms with E-state index < -0.39 is 0 Å². The van der Waals surface area contributed by atoms with Gasteiger partial charge in [-0.3, -0.25) is 0 Å². The minimum Gasteiger partial charge on any atom is -0.374 e. The summed E-state index contributed by atoms with van der Waals surface area (Å²) in [5.41, 5.74) is 0. The summed E-state index contributed by atoms with van der Waals surface area (Å²) in [6.07, 6.45) is 8.33. The maximum atomic E-state index is 5.28. The van der Waals surface area contributed by atoms with Crippen LogP contribution in [0.5, 0.6) is 0 Å². The van der Waals surface area contributed by atoms with Crippen molar-refractivity contribution in [2.45, 2.75) is 25.4 Å².